The number of amides is 3. The van der Waals surface area contributed by atoms with Crippen LogP contribution in [-0.2, 0) is 17.4 Å². The molecule has 188 valence electrons. The zero-order chi connectivity index (χ0) is 25.5. The molecule has 2 aromatic carbocycles. The molecule has 0 aliphatic carbocycles. The van der Waals surface area contributed by atoms with Crippen LogP contribution in [0.15, 0.2) is 42.5 Å². The highest BCUT2D eigenvalue weighted by molar-refractivity contribution is 5.81. The van der Waals surface area contributed by atoms with Gasteiger partial charge in [0, 0.05) is 26.6 Å². The van der Waals surface area contributed by atoms with Crippen LogP contribution in [-0.4, -0.2) is 52.8 Å². The zero-order valence-corrected chi connectivity index (χ0v) is 20.6. The Bertz CT molecular complexity index is 1120. The van der Waals surface area contributed by atoms with Gasteiger partial charge in [0.25, 0.3) is 0 Å². The van der Waals surface area contributed by atoms with Crippen molar-refractivity contribution in [2.45, 2.75) is 64.3 Å². The minimum atomic E-state index is -4.45. The second-order valence-corrected chi connectivity index (χ2v) is 9.57. The van der Waals surface area contributed by atoms with E-state index in [2.05, 4.69) is 0 Å². The number of hydrogen-bond acceptors (Lipinski definition) is 2. The van der Waals surface area contributed by atoms with Crippen LogP contribution in [0, 0.1) is 6.92 Å². The van der Waals surface area contributed by atoms with Gasteiger partial charge in [-0.05, 0) is 61.1 Å². The van der Waals surface area contributed by atoms with E-state index >= 15 is 0 Å². The highest BCUT2D eigenvalue weighted by Gasteiger charge is 2.46. The molecule has 0 unspecified atom stereocenters. The van der Waals surface area contributed by atoms with Gasteiger partial charge >= 0.3 is 12.2 Å². The Morgan fingerprint density at radius 3 is 2.54 bits per heavy atom. The lowest BCUT2D eigenvalue weighted by atomic mass is 9.91. The van der Waals surface area contributed by atoms with E-state index in [4.69, 9.17) is 0 Å². The van der Waals surface area contributed by atoms with Gasteiger partial charge in [-0.2, -0.15) is 13.2 Å². The quantitative estimate of drug-likeness (QED) is 0.552. The number of piperazine rings is 1. The van der Waals surface area contributed by atoms with Crippen molar-refractivity contribution in [3.63, 3.8) is 0 Å². The minimum Gasteiger partial charge on any atom is -0.335 e. The molecule has 0 radical (unpaired) electrons. The predicted molar refractivity (Wildman–Crippen MR) is 128 cm³/mol. The van der Waals surface area contributed by atoms with Gasteiger partial charge in [0.2, 0.25) is 5.91 Å². The van der Waals surface area contributed by atoms with Gasteiger partial charge in [-0.1, -0.05) is 37.3 Å². The molecule has 4 rings (SSSR count). The van der Waals surface area contributed by atoms with Crippen LogP contribution in [0.3, 0.4) is 0 Å². The molecular formula is C27H32F3N3O2. The molecule has 0 spiro atoms. The Morgan fingerprint density at radius 2 is 1.89 bits per heavy atom. The summed E-state index contributed by atoms with van der Waals surface area (Å²) >= 11 is 0. The highest BCUT2D eigenvalue weighted by atomic mass is 19.4. The molecule has 0 N–H and O–H groups in total. The van der Waals surface area contributed by atoms with Crippen LogP contribution in [0.25, 0.3) is 0 Å². The first-order chi connectivity index (χ1) is 16.5. The van der Waals surface area contributed by atoms with E-state index in [1.165, 1.54) is 11.0 Å². The largest absolute Gasteiger partial charge is 0.416 e. The molecule has 0 bridgehead atoms. The van der Waals surface area contributed by atoms with Crippen LogP contribution in [0.5, 0.6) is 0 Å². The monoisotopic (exact) mass is 487 g/mol. The van der Waals surface area contributed by atoms with Crippen LogP contribution < -0.4 is 0 Å². The topological polar surface area (TPSA) is 43.9 Å². The molecule has 2 fully saturated rings. The third-order valence-electron chi connectivity index (χ3n) is 7.53. The fourth-order valence-corrected chi connectivity index (χ4v) is 5.36. The maximum Gasteiger partial charge on any atom is 0.416 e. The Kier molecular flexibility index (Phi) is 6.84. The number of hydrogen-bond donors (Lipinski definition) is 0. The third kappa shape index (κ3) is 4.75. The number of fused-ring (bicyclic) bond motifs is 1. The van der Waals surface area contributed by atoms with Gasteiger partial charge in [-0.15, -0.1) is 0 Å². The summed E-state index contributed by atoms with van der Waals surface area (Å²) < 4.78 is 40.5. The number of carbonyl (C=O) groups excluding carboxylic acids is 2. The van der Waals surface area contributed by atoms with Gasteiger partial charge in [0.15, 0.2) is 0 Å². The van der Waals surface area contributed by atoms with E-state index in [1.54, 1.807) is 24.9 Å². The van der Waals surface area contributed by atoms with Crippen molar-refractivity contribution in [2.75, 3.05) is 20.1 Å². The standard InChI is InChI=1S/C27H32F3N3O2/c1-5-19-14-20(16-21(15-19)27(28,29)30)18(3)31(4)26(35)33-13-12-32-23(10-11-24(32)34)25(33)22-9-7-6-8-17(22)2/h6-9,14-16,18,23,25H,5,10-13H2,1-4H3/t18-,23+,25+/m1/s1. The Hall–Kier alpha value is -3.03. The van der Waals surface area contributed by atoms with Crippen molar-refractivity contribution in [2.24, 2.45) is 0 Å². The second kappa shape index (κ2) is 9.55. The van der Waals surface area contributed by atoms with Crippen LogP contribution in [0.4, 0.5) is 18.0 Å². The first-order valence-corrected chi connectivity index (χ1v) is 12.1. The lowest BCUT2D eigenvalue weighted by Gasteiger charge is -2.47. The van der Waals surface area contributed by atoms with Crippen molar-refractivity contribution in [3.05, 3.63) is 70.3 Å². The maximum atomic E-state index is 13.8. The number of aryl methyl sites for hydroxylation is 2. The summed E-state index contributed by atoms with van der Waals surface area (Å²) in [5.74, 6) is 0.110. The first kappa shape index (κ1) is 25.1. The summed E-state index contributed by atoms with van der Waals surface area (Å²) in [6.45, 7) is 6.40. The molecule has 2 aliphatic heterocycles. The number of carbonyl (C=O) groups is 2. The fourth-order valence-electron chi connectivity index (χ4n) is 5.36. The molecule has 2 aliphatic rings. The fraction of sp³-hybridized carbons (Fsp3) is 0.481. The number of halogens is 3. The summed E-state index contributed by atoms with van der Waals surface area (Å²) in [6.07, 6.45) is -2.85. The van der Waals surface area contributed by atoms with E-state index in [9.17, 15) is 22.8 Å². The summed E-state index contributed by atoms with van der Waals surface area (Å²) in [6, 6.07) is 10.7. The van der Waals surface area contributed by atoms with Crippen molar-refractivity contribution in [3.8, 4) is 0 Å². The smallest absolute Gasteiger partial charge is 0.335 e. The molecule has 3 amide bonds. The average molecular weight is 488 g/mol. The number of rotatable bonds is 4. The van der Waals surface area contributed by atoms with E-state index in [1.807, 2.05) is 43.0 Å². The predicted octanol–water partition coefficient (Wildman–Crippen LogP) is 5.74. The average Bonchev–Trinajstić information content (AvgIpc) is 3.22. The van der Waals surface area contributed by atoms with Crippen molar-refractivity contribution in [1.29, 1.82) is 0 Å². The van der Waals surface area contributed by atoms with Crippen LogP contribution in [0.2, 0.25) is 0 Å². The molecule has 8 heteroatoms. The van der Waals surface area contributed by atoms with Crippen LogP contribution in [0.1, 0.15) is 66.6 Å². The summed E-state index contributed by atoms with van der Waals surface area (Å²) in [5, 5.41) is 0. The third-order valence-corrected chi connectivity index (χ3v) is 7.53. The zero-order valence-electron chi connectivity index (χ0n) is 20.6. The van der Waals surface area contributed by atoms with Gasteiger partial charge in [-0.25, -0.2) is 4.79 Å². The highest BCUT2D eigenvalue weighted by Crippen LogP contribution is 2.40. The first-order valence-electron chi connectivity index (χ1n) is 12.1. The maximum absolute atomic E-state index is 13.8. The minimum absolute atomic E-state index is 0.106. The molecule has 2 heterocycles. The van der Waals surface area contributed by atoms with E-state index in [0.29, 0.717) is 43.5 Å². The van der Waals surface area contributed by atoms with E-state index in [0.717, 1.165) is 17.2 Å². The summed E-state index contributed by atoms with van der Waals surface area (Å²) in [7, 11) is 1.64. The van der Waals surface area contributed by atoms with E-state index in [-0.39, 0.29) is 24.0 Å². The van der Waals surface area contributed by atoms with Crippen LogP contribution >= 0.6 is 0 Å². The molecule has 0 saturated carbocycles. The van der Waals surface area contributed by atoms with Crippen molar-refractivity contribution in [1.82, 2.24) is 14.7 Å². The van der Waals surface area contributed by atoms with E-state index < -0.39 is 17.8 Å². The molecule has 35 heavy (non-hydrogen) atoms. The lowest BCUT2D eigenvalue weighted by molar-refractivity contribution is -0.137. The molecule has 2 aromatic rings. The SMILES string of the molecule is CCc1cc([C@@H](C)N(C)C(=O)N2CCN3C(=O)CC[C@H]3[C@@H]2c2ccccc2C)cc(C(F)(F)F)c1. The Labute approximate surface area is 204 Å². The number of urea groups is 1. The molecule has 5 nitrogen and oxygen atoms in total. The van der Waals surface area contributed by atoms with Gasteiger partial charge < -0.3 is 14.7 Å². The van der Waals surface area contributed by atoms with Gasteiger partial charge in [0.05, 0.1) is 23.7 Å². The molecular weight excluding hydrogens is 455 g/mol. The Morgan fingerprint density at radius 1 is 1.17 bits per heavy atom. The Balaban J connectivity index is 1.67. The number of nitrogens with zero attached hydrogens (tertiary/aromatic N) is 3. The lowest BCUT2D eigenvalue weighted by Crippen LogP contribution is -2.57. The second-order valence-electron chi connectivity index (χ2n) is 9.57. The number of benzene rings is 2. The van der Waals surface area contributed by atoms with Crippen molar-refractivity contribution >= 4 is 11.9 Å². The van der Waals surface area contributed by atoms with Crippen molar-refractivity contribution < 1.29 is 22.8 Å². The number of alkyl halides is 3. The normalized spacial score (nSPS) is 21.2. The van der Waals surface area contributed by atoms with Gasteiger partial charge in [-0.3, -0.25) is 4.79 Å². The summed E-state index contributed by atoms with van der Waals surface area (Å²) in [4.78, 5) is 31.5. The molecule has 2 saturated heterocycles. The molecule has 3 atom stereocenters. The van der Waals surface area contributed by atoms with Gasteiger partial charge in [0.1, 0.15) is 0 Å². The summed E-state index contributed by atoms with van der Waals surface area (Å²) in [5.41, 5.74) is 2.37. The molecule has 0 aromatic heterocycles.